The summed E-state index contributed by atoms with van der Waals surface area (Å²) in [6.07, 6.45) is 0.936. The highest BCUT2D eigenvalue weighted by Crippen LogP contribution is 2.43. The van der Waals surface area contributed by atoms with Gasteiger partial charge in [0.2, 0.25) is 0 Å². The van der Waals surface area contributed by atoms with Crippen molar-refractivity contribution in [3.05, 3.63) is 45.9 Å². The zero-order chi connectivity index (χ0) is 21.6. The number of thiophene rings is 1. The second-order valence-electron chi connectivity index (χ2n) is 7.60. The van der Waals surface area contributed by atoms with Gasteiger partial charge in [0.15, 0.2) is 5.78 Å². The molecular formula is C21H19F2N3O3S2. The topological polar surface area (TPSA) is 73.3 Å². The van der Waals surface area contributed by atoms with Gasteiger partial charge in [-0.2, -0.15) is 8.78 Å². The molecule has 2 aliphatic rings. The number of thioether (sulfide) groups is 1. The number of aryl methyl sites for hydroxylation is 1. The molecule has 0 radical (unpaired) electrons. The molecule has 2 aromatic heterocycles. The second kappa shape index (κ2) is 8.09. The molecule has 0 spiro atoms. The molecule has 0 saturated carbocycles. The van der Waals surface area contributed by atoms with Gasteiger partial charge >= 0.3 is 6.61 Å². The minimum atomic E-state index is -2.91. The molecule has 6 nitrogen and oxygen atoms in total. The minimum absolute atomic E-state index is 0.0115. The number of Topliss-reactive ketones (excluding diaryl/α,β-unsaturated/α-hetero) is 1. The van der Waals surface area contributed by atoms with Crippen LogP contribution in [0.1, 0.15) is 26.8 Å². The maximum Gasteiger partial charge on any atom is 0.387 e. The van der Waals surface area contributed by atoms with Gasteiger partial charge in [-0.3, -0.25) is 4.79 Å². The van der Waals surface area contributed by atoms with E-state index in [-0.39, 0.29) is 22.9 Å². The van der Waals surface area contributed by atoms with Gasteiger partial charge in [0.1, 0.15) is 22.2 Å². The first-order valence-corrected chi connectivity index (χ1v) is 11.6. The summed E-state index contributed by atoms with van der Waals surface area (Å²) in [5, 5.41) is 4.58. The van der Waals surface area contributed by atoms with Gasteiger partial charge in [-0.15, -0.1) is 11.3 Å². The lowest BCUT2D eigenvalue weighted by Gasteiger charge is -2.25. The number of hydrogen-bond acceptors (Lipinski definition) is 8. The van der Waals surface area contributed by atoms with Crippen LogP contribution in [-0.4, -0.2) is 47.3 Å². The Morgan fingerprint density at radius 2 is 2.26 bits per heavy atom. The van der Waals surface area contributed by atoms with Crippen molar-refractivity contribution in [2.45, 2.75) is 36.6 Å². The van der Waals surface area contributed by atoms with E-state index in [4.69, 9.17) is 4.74 Å². The Morgan fingerprint density at radius 3 is 2.97 bits per heavy atom. The molecule has 0 aliphatic carbocycles. The van der Waals surface area contributed by atoms with Crippen LogP contribution in [0.5, 0.6) is 5.75 Å². The number of benzene rings is 1. The third kappa shape index (κ3) is 4.05. The highest BCUT2D eigenvalue weighted by Gasteiger charge is 2.48. The maximum absolute atomic E-state index is 12.8. The average Bonchev–Trinajstić information content (AvgIpc) is 3.48. The number of carbonyl (C=O) groups is 1. The molecule has 31 heavy (non-hydrogen) atoms. The summed E-state index contributed by atoms with van der Waals surface area (Å²) in [5.74, 6) is 0.747. The third-order valence-electron chi connectivity index (χ3n) is 5.45. The summed E-state index contributed by atoms with van der Waals surface area (Å²) in [7, 11) is 0. The van der Waals surface area contributed by atoms with Crippen molar-refractivity contribution < 1.29 is 23.0 Å². The van der Waals surface area contributed by atoms with Crippen molar-refractivity contribution in [3.63, 3.8) is 0 Å². The van der Waals surface area contributed by atoms with E-state index in [0.717, 1.165) is 17.8 Å². The number of alkyl halides is 2. The Kier molecular flexibility index (Phi) is 5.41. The van der Waals surface area contributed by atoms with Gasteiger partial charge in [-0.1, -0.05) is 11.8 Å². The number of nitrogens with one attached hydrogen (secondary N) is 1. The molecule has 0 unspecified atom stereocenters. The highest BCUT2D eigenvalue weighted by molar-refractivity contribution is 8.00. The molecule has 4 heterocycles. The van der Waals surface area contributed by atoms with Crippen molar-refractivity contribution in [3.8, 4) is 5.75 Å². The molecular weight excluding hydrogens is 444 g/mol. The van der Waals surface area contributed by atoms with Crippen LogP contribution in [0.3, 0.4) is 0 Å². The largest absolute Gasteiger partial charge is 0.435 e. The Morgan fingerprint density at radius 1 is 1.39 bits per heavy atom. The van der Waals surface area contributed by atoms with Gasteiger partial charge in [-0.25, -0.2) is 9.97 Å². The van der Waals surface area contributed by atoms with E-state index in [1.54, 1.807) is 13.0 Å². The molecule has 2 bridgehead atoms. The van der Waals surface area contributed by atoms with E-state index in [2.05, 4.69) is 20.0 Å². The summed E-state index contributed by atoms with van der Waals surface area (Å²) in [6, 6.07) is 8.77. The monoisotopic (exact) mass is 463 g/mol. The Labute approximate surface area is 185 Å². The number of ketones is 1. The molecule has 162 valence electrons. The number of ether oxygens (including phenoxy) is 2. The van der Waals surface area contributed by atoms with E-state index in [9.17, 15) is 13.6 Å². The van der Waals surface area contributed by atoms with Crippen LogP contribution in [0.2, 0.25) is 0 Å². The SMILES string of the molecule is Cc1nc(SCC(=O)c2ccc([C@@]34CN[C@@H](CO3)C4)s2)c2cc(OC(F)F)ccc2n1. The van der Waals surface area contributed by atoms with E-state index in [1.165, 1.54) is 35.2 Å². The number of fused-ring (bicyclic) bond motifs is 3. The Bertz CT molecular complexity index is 1150. The van der Waals surface area contributed by atoms with Crippen LogP contribution < -0.4 is 10.1 Å². The number of morpholine rings is 1. The number of rotatable bonds is 7. The van der Waals surface area contributed by atoms with E-state index in [0.29, 0.717) is 39.3 Å². The van der Waals surface area contributed by atoms with Crippen molar-refractivity contribution in [2.75, 3.05) is 18.9 Å². The predicted octanol–water partition coefficient (Wildman–Crippen LogP) is 4.16. The number of carbonyl (C=O) groups excluding carboxylic acids is 1. The van der Waals surface area contributed by atoms with E-state index < -0.39 is 6.61 Å². The lowest BCUT2D eigenvalue weighted by molar-refractivity contribution is -0.0497. The molecule has 1 aromatic carbocycles. The van der Waals surface area contributed by atoms with Crippen LogP contribution in [0.25, 0.3) is 10.9 Å². The fourth-order valence-electron chi connectivity index (χ4n) is 4.01. The lowest BCUT2D eigenvalue weighted by atomic mass is 10.0. The Balaban J connectivity index is 1.34. The van der Waals surface area contributed by atoms with Gasteiger partial charge in [-0.05, 0) is 37.3 Å². The smallest absolute Gasteiger partial charge is 0.387 e. The van der Waals surface area contributed by atoms with Gasteiger partial charge in [0.25, 0.3) is 0 Å². The second-order valence-corrected chi connectivity index (χ2v) is 9.64. The van der Waals surface area contributed by atoms with E-state index in [1.807, 2.05) is 12.1 Å². The molecule has 2 atom stereocenters. The molecule has 3 aromatic rings. The normalized spacial score (nSPS) is 22.5. The van der Waals surface area contributed by atoms with Crippen LogP contribution >= 0.6 is 23.1 Å². The molecule has 1 N–H and O–H groups in total. The van der Waals surface area contributed by atoms with Crippen LogP contribution in [0, 0.1) is 6.92 Å². The standard InChI is InChI=1S/C21H19F2N3O3S2/c1-11-25-15-3-2-13(29-20(22)23)6-14(15)19(26-11)30-9-16(27)17-4-5-18(31-17)21-7-12(8-28-21)24-10-21/h2-6,12,20,24H,7-10H2,1H3/t12-,21-/m1/s1. The Hall–Kier alpha value is -2.14. The van der Waals surface area contributed by atoms with Crippen molar-refractivity contribution in [1.29, 1.82) is 0 Å². The maximum atomic E-state index is 12.8. The zero-order valence-corrected chi connectivity index (χ0v) is 18.2. The quantitative estimate of drug-likeness (QED) is 0.320. The van der Waals surface area contributed by atoms with Gasteiger partial charge in [0, 0.05) is 29.3 Å². The number of nitrogens with zero attached hydrogens (tertiary/aromatic N) is 2. The van der Waals surface area contributed by atoms with Gasteiger partial charge in [0.05, 0.1) is 22.8 Å². The van der Waals surface area contributed by atoms with Crippen LogP contribution in [-0.2, 0) is 10.3 Å². The summed E-state index contributed by atoms with van der Waals surface area (Å²) in [4.78, 5) is 23.4. The summed E-state index contributed by atoms with van der Waals surface area (Å²) in [5.41, 5.74) is 0.311. The fraction of sp³-hybridized carbons (Fsp3) is 0.381. The fourth-order valence-corrected chi connectivity index (χ4v) is 6.14. The third-order valence-corrected chi connectivity index (χ3v) is 7.76. The molecule has 10 heteroatoms. The minimum Gasteiger partial charge on any atom is -0.435 e. The number of hydrogen-bond donors (Lipinski definition) is 1. The molecule has 2 aliphatic heterocycles. The van der Waals surface area contributed by atoms with Crippen LogP contribution in [0.15, 0.2) is 35.4 Å². The highest BCUT2D eigenvalue weighted by atomic mass is 32.2. The summed E-state index contributed by atoms with van der Waals surface area (Å²) in [6.45, 7) is 0.317. The molecule has 2 saturated heterocycles. The first-order chi connectivity index (χ1) is 14.9. The summed E-state index contributed by atoms with van der Waals surface area (Å²) < 4.78 is 35.7. The van der Waals surface area contributed by atoms with Gasteiger partial charge < -0.3 is 14.8 Å². The first kappa shape index (κ1) is 20.7. The van der Waals surface area contributed by atoms with Crippen molar-refractivity contribution >= 4 is 39.8 Å². The van der Waals surface area contributed by atoms with E-state index >= 15 is 0 Å². The average molecular weight is 464 g/mol. The molecule has 5 rings (SSSR count). The van der Waals surface area contributed by atoms with Crippen molar-refractivity contribution in [2.24, 2.45) is 0 Å². The summed E-state index contributed by atoms with van der Waals surface area (Å²) >= 11 is 2.74. The first-order valence-electron chi connectivity index (χ1n) is 9.79. The predicted molar refractivity (Wildman–Crippen MR) is 114 cm³/mol. The number of halogens is 2. The number of aromatic nitrogens is 2. The molecule has 2 fully saturated rings. The lowest BCUT2D eigenvalue weighted by Crippen LogP contribution is -2.36. The van der Waals surface area contributed by atoms with Crippen LogP contribution in [0.4, 0.5) is 8.78 Å². The molecule has 0 amide bonds. The zero-order valence-electron chi connectivity index (χ0n) is 16.6. The van der Waals surface area contributed by atoms with Crippen molar-refractivity contribution in [1.82, 2.24) is 15.3 Å².